The Labute approximate surface area is 132 Å². The van der Waals surface area contributed by atoms with Crippen LogP contribution in [0.25, 0.3) is 0 Å². The van der Waals surface area contributed by atoms with Crippen LogP contribution in [0.5, 0.6) is 0 Å². The standard InChI is InChI=1S/C16H27N3O3/c1-5-12(6-9-17)19-13(20)10-16(7-8-16)11-18-14(21)22-15(2,3)4/h12H,5-8,10-11H2,1-4H3,(H,18,21)(H,19,20)/t12-/m0/s1. The van der Waals surface area contributed by atoms with Crippen LogP contribution >= 0.6 is 0 Å². The summed E-state index contributed by atoms with van der Waals surface area (Å²) in [5, 5.41) is 14.3. The fourth-order valence-corrected chi connectivity index (χ4v) is 2.19. The molecule has 1 rings (SSSR count). The molecule has 0 radical (unpaired) electrons. The zero-order valence-electron chi connectivity index (χ0n) is 14.0. The van der Waals surface area contributed by atoms with Gasteiger partial charge in [-0.2, -0.15) is 5.26 Å². The van der Waals surface area contributed by atoms with Crippen LogP contribution in [0.1, 0.15) is 59.8 Å². The highest BCUT2D eigenvalue weighted by Gasteiger charge is 2.44. The normalized spacial score (nSPS) is 17.0. The molecule has 0 spiro atoms. The van der Waals surface area contributed by atoms with Gasteiger partial charge in [0, 0.05) is 19.0 Å². The lowest BCUT2D eigenvalue weighted by Crippen LogP contribution is -2.39. The molecule has 0 aromatic carbocycles. The lowest BCUT2D eigenvalue weighted by Gasteiger charge is -2.22. The average molecular weight is 309 g/mol. The maximum atomic E-state index is 12.1. The van der Waals surface area contributed by atoms with Crippen LogP contribution in [-0.2, 0) is 9.53 Å². The number of carbonyl (C=O) groups excluding carboxylic acids is 2. The molecule has 6 heteroatoms. The fourth-order valence-electron chi connectivity index (χ4n) is 2.19. The molecule has 1 saturated carbocycles. The molecule has 0 aromatic heterocycles. The summed E-state index contributed by atoms with van der Waals surface area (Å²) in [6.07, 6.45) is 2.84. The van der Waals surface area contributed by atoms with Crippen LogP contribution in [0, 0.1) is 16.7 Å². The second kappa shape index (κ2) is 7.48. The van der Waals surface area contributed by atoms with Crippen molar-refractivity contribution in [2.45, 2.75) is 71.4 Å². The van der Waals surface area contributed by atoms with Gasteiger partial charge in [-0.15, -0.1) is 0 Å². The third kappa shape index (κ3) is 6.79. The molecule has 0 unspecified atom stereocenters. The zero-order chi connectivity index (χ0) is 16.8. The van der Waals surface area contributed by atoms with Gasteiger partial charge in [-0.25, -0.2) is 4.79 Å². The number of amides is 2. The van der Waals surface area contributed by atoms with E-state index in [0.717, 1.165) is 19.3 Å². The van der Waals surface area contributed by atoms with Crippen molar-refractivity contribution >= 4 is 12.0 Å². The van der Waals surface area contributed by atoms with Gasteiger partial charge in [-0.1, -0.05) is 6.92 Å². The Bertz CT molecular complexity index is 445. The second-order valence-electron chi connectivity index (χ2n) is 7.07. The number of ether oxygens (including phenoxy) is 1. The first-order valence-corrected chi connectivity index (χ1v) is 7.83. The molecule has 0 bridgehead atoms. The van der Waals surface area contributed by atoms with Crippen molar-refractivity contribution in [1.29, 1.82) is 5.26 Å². The third-order valence-electron chi connectivity index (χ3n) is 3.69. The van der Waals surface area contributed by atoms with Crippen molar-refractivity contribution < 1.29 is 14.3 Å². The summed E-state index contributed by atoms with van der Waals surface area (Å²) in [6, 6.07) is 1.99. The van der Waals surface area contributed by atoms with Crippen LogP contribution < -0.4 is 10.6 Å². The number of hydrogen-bond acceptors (Lipinski definition) is 4. The first kappa shape index (κ1) is 18.3. The Kier molecular flexibility index (Phi) is 6.21. The topological polar surface area (TPSA) is 91.2 Å². The molecule has 1 aliphatic carbocycles. The molecule has 124 valence electrons. The Morgan fingerprint density at radius 2 is 2.00 bits per heavy atom. The average Bonchev–Trinajstić information content (AvgIpc) is 3.14. The van der Waals surface area contributed by atoms with Crippen molar-refractivity contribution in [2.75, 3.05) is 6.54 Å². The van der Waals surface area contributed by atoms with Gasteiger partial charge in [-0.05, 0) is 45.4 Å². The number of carbonyl (C=O) groups is 2. The van der Waals surface area contributed by atoms with Crippen LogP contribution in [0.4, 0.5) is 4.79 Å². The van der Waals surface area contributed by atoms with Crippen LogP contribution in [0.15, 0.2) is 0 Å². The van der Waals surface area contributed by atoms with E-state index in [2.05, 4.69) is 16.7 Å². The highest BCUT2D eigenvalue weighted by atomic mass is 16.6. The minimum absolute atomic E-state index is 0.0504. The van der Waals surface area contributed by atoms with Gasteiger partial charge in [0.05, 0.1) is 12.5 Å². The quantitative estimate of drug-likeness (QED) is 0.756. The van der Waals surface area contributed by atoms with E-state index in [1.807, 2.05) is 27.7 Å². The first-order chi connectivity index (χ1) is 10.2. The summed E-state index contributed by atoms with van der Waals surface area (Å²) in [5.41, 5.74) is -0.671. The largest absolute Gasteiger partial charge is 0.444 e. The lowest BCUT2D eigenvalue weighted by atomic mass is 10.0. The van der Waals surface area contributed by atoms with Gasteiger partial charge < -0.3 is 15.4 Å². The van der Waals surface area contributed by atoms with Gasteiger partial charge in [-0.3, -0.25) is 4.79 Å². The molecule has 1 atom stereocenters. The number of nitrogens with one attached hydrogen (secondary N) is 2. The minimum Gasteiger partial charge on any atom is -0.444 e. The maximum absolute atomic E-state index is 12.1. The Hall–Kier alpha value is -1.77. The van der Waals surface area contributed by atoms with E-state index in [-0.39, 0.29) is 17.4 Å². The molecule has 0 aliphatic heterocycles. The summed E-state index contributed by atoms with van der Waals surface area (Å²) in [5.74, 6) is -0.0504. The molecule has 1 aliphatic rings. The number of alkyl carbamates (subject to hydrolysis) is 1. The van der Waals surface area contributed by atoms with Gasteiger partial charge in [0.15, 0.2) is 0 Å². The summed E-state index contributed by atoms with van der Waals surface area (Å²) in [6.45, 7) is 7.83. The molecule has 22 heavy (non-hydrogen) atoms. The Balaban J connectivity index is 2.37. The van der Waals surface area contributed by atoms with Crippen molar-refractivity contribution in [3.63, 3.8) is 0 Å². The van der Waals surface area contributed by atoms with E-state index < -0.39 is 11.7 Å². The van der Waals surface area contributed by atoms with Gasteiger partial charge in [0.2, 0.25) is 5.91 Å². The minimum atomic E-state index is -0.524. The van der Waals surface area contributed by atoms with E-state index in [1.54, 1.807) is 0 Å². The molecule has 1 fully saturated rings. The molecule has 0 heterocycles. The summed E-state index contributed by atoms with van der Waals surface area (Å²) < 4.78 is 5.19. The highest BCUT2D eigenvalue weighted by Crippen LogP contribution is 2.48. The van der Waals surface area contributed by atoms with Crippen LogP contribution in [-0.4, -0.2) is 30.2 Å². The zero-order valence-corrected chi connectivity index (χ0v) is 14.0. The summed E-state index contributed by atoms with van der Waals surface area (Å²) in [4.78, 5) is 23.7. The molecule has 6 nitrogen and oxygen atoms in total. The van der Waals surface area contributed by atoms with Gasteiger partial charge in [0.1, 0.15) is 5.60 Å². The molecular weight excluding hydrogens is 282 g/mol. The molecule has 0 aromatic rings. The number of rotatable bonds is 7. The molecular formula is C16H27N3O3. The van der Waals surface area contributed by atoms with Crippen LogP contribution in [0.2, 0.25) is 0 Å². The van der Waals surface area contributed by atoms with E-state index in [4.69, 9.17) is 10.00 Å². The number of hydrogen-bond donors (Lipinski definition) is 2. The van der Waals surface area contributed by atoms with Gasteiger partial charge in [0.25, 0.3) is 0 Å². The molecule has 2 amide bonds. The van der Waals surface area contributed by atoms with E-state index in [0.29, 0.717) is 19.4 Å². The smallest absolute Gasteiger partial charge is 0.407 e. The number of nitrogens with zero attached hydrogens (tertiary/aromatic N) is 1. The van der Waals surface area contributed by atoms with E-state index >= 15 is 0 Å². The first-order valence-electron chi connectivity index (χ1n) is 7.83. The molecule has 2 N–H and O–H groups in total. The predicted molar refractivity (Wildman–Crippen MR) is 83.0 cm³/mol. The summed E-state index contributed by atoms with van der Waals surface area (Å²) in [7, 11) is 0. The van der Waals surface area contributed by atoms with Crippen molar-refractivity contribution in [2.24, 2.45) is 5.41 Å². The van der Waals surface area contributed by atoms with Crippen molar-refractivity contribution in [3.8, 4) is 6.07 Å². The second-order valence-corrected chi connectivity index (χ2v) is 7.07. The highest BCUT2D eigenvalue weighted by molar-refractivity contribution is 5.77. The van der Waals surface area contributed by atoms with Gasteiger partial charge >= 0.3 is 6.09 Å². The lowest BCUT2D eigenvalue weighted by molar-refractivity contribution is -0.123. The molecule has 0 saturated heterocycles. The monoisotopic (exact) mass is 309 g/mol. The predicted octanol–water partition coefficient (Wildman–Crippen LogP) is 2.49. The Morgan fingerprint density at radius 3 is 2.45 bits per heavy atom. The van der Waals surface area contributed by atoms with E-state index in [9.17, 15) is 9.59 Å². The fraction of sp³-hybridized carbons (Fsp3) is 0.812. The van der Waals surface area contributed by atoms with Crippen LogP contribution in [0.3, 0.4) is 0 Å². The maximum Gasteiger partial charge on any atom is 0.407 e. The van der Waals surface area contributed by atoms with E-state index in [1.165, 1.54) is 0 Å². The SMILES string of the molecule is CC[C@@H](CC#N)NC(=O)CC1(CNC(=O)OC(C)(C)C)CC1. The Morgan fingerprint density at radius 1 is 1.36 bits per heavy atom. The summed E-state index contributed by atoms with van der Waals surface area (Å²) >= 11 is 0. The number of nitriles is 1. The third-order valence-corrected chi connectivity index (χ3v) is 3.69. The van der Waals surface area contributed by atoms with Crippen molar-refractivity contribution in [1.82, 2.24) is 10.6 Å². The van der Waals surface area contributed by atoms with Crippen molar-refractivity contribution in [3.05, 3.63) is 0 Å².